The van der Waals surface area contributed by atoms with Gasteiger partial charge in [-0.05, 0) is 24.6 Å². The summed E-state index contributed by atoms with van der Waals surface area (Å²) < 4.78 is 14.2. The first-order valence-electron chi connectivity index (χ1n) is 7.35. The summed E-state index contributed by atoms with van der Waals surface area (Å²) in [6.07, 6.45) is 2.17. The third kappa shape index (κ3) is 5.70. The van der Waals surface area contributed by atoms with E-state index in [0.717, 1.165) is 17.7 Å². The van der Waals surface area contributed by atoms with Crippen LogP contribution in [0.1, 0.15) is 54.4 Å². The van der Waals surface area contributed by atoms with Crippen molar-refractivity contribution in [1.82, 2.24) is 0 Å². The van der Waals surface area contributed by atoms with Crippen LogP contribution in [0.15, 0.2) is 23.1 Å². The summed E-state index contributed by atoms with van der Waals surface area (Å²) in [7, 11) is 0. The summed E-state index contributed by atoms with van der Waals surface area (Å²) in [4.78, 5) is 12.8. The molecule has 1 aromatic carbocycles. The molecule has 0 heterocycles. The van der Waals surface area contributed by atoms with E-state index >= 15 is 0 Å². The lowest BCUT2D eigenvalue weighted by Gasteiger charge is -2.23. The molecule has 4 heteroatoms. The average molecular weight is 311 g/mol. The van der Waals surface area contributed by atoms with Crippen molar-refractivity contribution in [2.45, 2.75) is 64.0 Å². The SMILES string of the molecule is CCCC(C)(C)Sc1ccc(NC(=O)C(C)(C)C)c(F)c1. The maximum atomic E-state index is 14.1. The van der Waals surface area contributed by atoms with Gasteiger partial charge in [-0.2, -0.15) is 0 Å². The quantitative estimate of drug-likeness (QED) is 0.729. The molecule has 0 saturated carbocycles. The molecule has 21 heavy (non-hydrogen) atoms. The Morgan fingerprint density at radius 1 is 1.24 bits per heavy atom. The second kappa shape index (κ2) is 6.82. The van der Waals surface area contributed by atoms with Gasteiger partial charge in [0, 0.05) is 15.1 Å². The fourth-order valence-corrected chi connectivity index (χ4v) is 3.19. The van der Waals surface area contributed by atoms with Gasteiger partial charge in [0.25, 0.3) is 0 Å². The number of nitrogens with one attached hydrogen (secondary N) is 1. The lowest BCUT2D eigenvalue weighted by molar-refractivity contribution is -0.123. The van der Waals surface area contributed by atoms with E-state index in [0.29, 0.717) is 0 Å². The number of hydrogen-bond donors (Lipinski definition) is 1. The van der Waals surface area contributed by atoms with Crippen molar-refractivity contribution in [1.29, 1.82) is 0 Å². The number of amides is 1. The van der Waals surface area contributed by atoms with Gasteiger partial charge in [-0.1, -0.05) is 48.0 Å². The largest absolute Gasteiger partial charge is 0.323 e. The number of anilines is 1. The Balaban J connectivity index is 2.84. The van der Waals surface area contributed by atoms with Gasteiger partial charge < -0.3 is 5.32 Å². The van der Waals surface area contributed by atoms with Crippen LogP contribution in [0.25, 0.3) is 0 Å². The zero-order valence-electron chi connectivity index (χ0n) is 13.8. The van der Waals surface area contributed by atoms with Gasteiger partial charge in [0.2, 0.25) is 5.91 Å². The van der Waals surface area contributed by atoms with Gasteiger partial charge in [-0.25, -0.2) is 4.39 Å². The number of benzene rings is 1. The third-order valence-corrected chi connectivity index (χ3v) is 4.36. The Morgan fingerprint density at radius 3 is 2.33 bits per heavy atom. The lowest BCUT2D eigenvalue weighted by atomic mass is 9.95. The highest BCUT2D eigenvalue weighted by Gasteiger charge is 2.23. The average Bonchev–Trinajstić information content (AvgIpc) is 2.30. The molecule has 0 radical (unpaired) electrons. The molecule has 0 saturated heterocycles. The Hall–Kier alpha value is -1.03. The minimum absolute atomic E-state index is 0.0807. The third-order valence-electron chi connectivity index (χ3n) is 3.12. The summed E-state index contributed by atoms with van der Waals surface area (Å²) in [5.74, 6) is -0.571. The predicted molar refractivity (Wildman–Crippen MR) is 89.3 cm³/mol. The highest BCUT2D eigenvalue weighted by Crippen LogP contribution is 2.37. The number of carbonyl (C=O) groups is 1. The van der Waals surface area contributed by atoms with Crippen LogP contribution in [0.5, 0.6) is 0 Å². The molecule has 1 N–H and O–H groups in total. The molecule has 0 bridgehead atoms. The summed E-state index contributed by atoms with van der Waals surface area (Å²) in [5.41, 5.74) is -0.296. The van der Waals surface area contributed by atoms with E-state index in [1.165, 1.54) is 6.07 Å². The zero-order chi connectivity index (χ0) is 16.3. The fraction of sp³-hybridized carbons (Fsp3) is 0.588. The molecule has 1 aromatic rings. The predicted octanol–water partition coefficient (Wildman–Crippen LogP) is 5.48. The van der Waals surface area contributed by atoms with Gasteiger partial charge in [0.05, 0.1) is 5.69 Å². The highest BCUT2D eigenvalue weighted by molar-refractivity contribution is 8.00. The molecule has 0 aromatic heterocycles. The zero-order valence-corrected chi connectivity index (χ0v) is 14.7. The summed E-state index contributed by atoms with van der Waals surface area (Å²) in [6.45, 7) is 11.9. The molecule has 0 unspecified atom stereocenters. The van der Waals surface area contributed by atoms with Crippen molar-refractivity contribution in [3.8, 4) is 0 Å². The second-order valence-electron chi connectivity index (χ2n) is 6.96. The van der Waals surface area contributed by atoms with Gasteiger partial charge in [-0.3, -0.25) is 4.79 Å². The second-order valence-corrected chi connectivity index (χ2v) is 8.74. The van der Waals surface area contributed by atoms with Gasteiger partial charge in [0.15, 0.2) is 0 Å². The number of thioether (sulfide) groups is 1. The molecule has 1 amide bonds. The van der Waals surface area contributed by atoms with Crippen molar-refractivity contribution in [2.24, 2.45) is 5.41 Å². The summed E-state index contributed by atoms with van der Waals surface area (Å²) in [6, 6.07) is 5.01. The monoisotopic (exact) mass is 311 g/mol. The minimum atomic E-state index is -0.539. The van der Waals surface area contributed by atoms with E-state index in [9.17, 15) is 9.18 Å². The number of halogens is 1. The van der Waals surface area contributed by atoms with Crippen LogP contribution in [-0.2, 0) is 4.79 Å². The van der Waals surface area contributed by atoms with Crippen molar-refractivity contribution in [2.75, 3.05) is 5.32 Å². The standard InChI is InChI=1S/C17H26FNOS/c1-7-10-17(5,6)21-12-8-9-14(13(18)11-12)19-15(20)16(2,3)4/h8-9,11H,7,10H2,1-6H3,(H,19,20). The highest BCUT2D eigenvalue weighted by atomic mass is 32.2. The van der Waals surface area contributed by atoms with Crippen LogP contribution in [0.4, 0.5) is 10.1 Å². The maximum Gasteiger partial charge on any atom is 0.229 e. The Labute approximate surface area is 131 Å². The maximum absolute atomic E-state index is 14.1. The van der Waals surface area contributed by atoms with Gasteiger partial charge >= 0.3 is 0 Å². The molecule has 0 fully saturated rings. The Bertz CT molecular complexity index is 506. The number of carbonyl (C=O) groups excluding carboxylic acids is 1. The topological polar surface area (TPSA) is 29.1 Å². The molecule has 0 spiro atoms. The molecule has 0 atom stereocenters. The molecular formula is C17H26FNOS. The minimum Gasteiger partial charge on any atom is -0.323 e. The van der Waals surface area contributed by atoms with Crippen molar-refractivity contribution in [3.63, 3.8) is 0 Å². The van der Waals surface area contributed by atoms with Crippen LogP contribution in [0.2, 0.25) is 0 Å². The van der Waals surface area contributed by atoms with Crippen molar-refractivity contribution in [3.05, 3.63) is 24.0 Å². The Morgan fingerprint density at radius 2 is 1.86 bits per heavy atom. The molecule has 2 nitrogen and oxygen atoms in total. The van der Waals surface area contributed by atoms with E-state index in [1.807, 2.05) is 6.07 Å². The normalized spacial score (nSPS) is 12.3. The van der Waals surface area contributed by atoms with Crippen LogP contribution < -0.4 is 5.32 Å². The number of hydrogen-bond acceptors (Lipinski definition) is 2. The molecule has 118 valence electrons. The van der Waals surface area contributed by atoms with Gasteiger partial charge in [0.1, 0.15) is 5.82 Å². The van der Waals surface area contributed by atoms with Gasteiger partial charge in [-0.15, -0.1) is 11.8 Å². The van der Waals surface area contributed by atoms with E-state index < -0.39 is 5.41 Å². The van der Waals surface area contributed by atoms with E-state index in [4.69, 9.17) is 0 Å². The van der Waals surface area contributed by atoms with E-state index in [2.05, 4.69) is 26.1 Å². The Kier molecular flexibility index (Phi) is 5.85. The first-order valence-corrected chi connectivity index (χ1v) is 8.17. The molecule has 1 rings (SSSR count). The first-order chi connectivity index (χ1) is 9.55. The fourth-order valence-electron chi connectivity index (χ4n) is 1.94. The van der Waals surface area contributed by atoms with E-state index in [1.54, 1.807) is 38.6 Å². The molecular weight excluding hydrogens is 285 g/mol. The number of rotatable bonds is 5. The first kappa shape index (κ1) is 18.0. The van der Waals surface area contributed by atoms with Crippen LogP contribution >= 0.6 is 11.8 Å². The summed E-state index contributed by atoms with van der Waals surface area (Å²) in [5, 5.41) is 2.64. The molecule has 0 aliphatic carbocycles. The smallest absolute Gasteiger partial charge is 0.229 e. The van der Waals surface area contributed by atoms with Crippen LogP contribution in [0, 0.1) is 11.2 Å². The van der Waals surface area contributed by atoms with E-state index in [-0.39, 0.29) is 22.2 Å². The molecule has 0 aliphatic rings. The van der Waals surface area contributed by atoms with Crippen molar-refractivity contribution < 1.29 is 9.18 Å². The molecule has 0 aliphatic heterocycles. The summed E-state index contributed by atoms with van der Waals surface area (Å²) >= 11 is 1.67. The lowest BCUT2D eigenvalue weighted by Crippen LogP contribution is -2.28. The van der Waals surface area contributed by atoms with Crippen LogP contribution in [-0.4, -0.2) is 10.7 Å². The van der Waals surface area contributed by atoms with Crippen LogP contribution in [0.3, 0.4) is 0 Å². The van der Waals surface area contributed by atoms with Crippen molar-refractivity contribution >= 4 is 23.4 Å².